The van der Waals surface area contributed by atoms with Gasteiger partial charge in [-0.3, -0.25) is 9.59 Å². The number of esters is 1. The third-order valence-corrected chi connectivity index (χ3v) is 3.45. The summed E-state index contributed by atoms with van der Waals surface area (Å²) in [5.41, 5.74) is 1.27. The van der Waals surface area contributed by atoms with Crippen LogP contribution in [0.5, 0.6) is 5.75 Å². The molecule has 0 saturated heterocycles. The lowest BCUT2D eigenvalue weighted by Gasteiger charge is -2.10. The second-order valence-corrected chi connectivity index (χ2v) is 6.10. The molecular formula is C19H20ClNO4. The van der Waals surface area contributed by atoms with Gasteiger partial charge in [0, 0.05) is 10.6 Å². The number of benzene rings is 2. The van der Waals surface area contributed by atoms with Gasteiger partial charge in [-0.2, -0.15) is 0 Å². The lowest BCUT2D eigenvalue weighted by atomic mass is 10.2. The third kappa shape index (κ3) is 6.47. The Balaban J connectivity index is 1.76. The molecule has 0 aliphatic carbocycles. The summed E-state index contributed by atoms with van der Waals surface area (Å²) in [7, 11) is 0. The first-order valence-corrected chi connectivity index (χ1v) is 8.27. The van der Waals surface area contributed by atoms with Crippen molar-refractivity contribution in [3.63, 3.8) is 0 Å². The van der Waals surface area contributed by atoms with Crippen LogP contribution >= 0.6 is 11.6 Å². The van der Waals surface area contributed by atoms with Crippen LogP contribution in [-0.4, -0.2) is 24.5 Å². The van der Waals surface area contributed by atoms with Crippen molar-refractivity contribution in [2.45, 2.75) is 26.6 Å². The van der Waals surface area contributed by atoms with E-state index in [1.54, 1.807) is 48.5 Å². The molecule has 2 rings (SSSR count). The molecule has 0 atom stereocenters. The molecule has 0 aliphatic heterocycles. The van der Waals surface area contributed by atoms with Gasteiger partial charge in [0.1, 0.15) is 18.9 Å². The van der Waals surface area contributed by atoms with Gasteiger partial charge in [0.15, 0.2) is 0 Å². The van der Waals surface area contributed by atoms with Gasteiger partial charge in [0.05, 0.1) is 6.10 Å². The first-order valence-electron chi connectivity index (χ1n) is 7.89. The first-order chi connectivity index (χ1) is 11.9. The third-order valence-electron chi connectivity index (χ3n) is 3.19. The summed E-state index contributed by atoms with van der Waals surface area (Å²) in [5.74, 6) is -0.170. The fourth-order valence-corrected chi connectivity index (χ4v) is 2.13. The normalized spacial score (nSPS) is 10.4. The van der Waals surface area contributed by atoms with Crippen molar-refractivity contribution in [2.24, 2.45) is 0 Å². The molecule has 0 spiro atoms. The number of hydrogen-bond donors (Lipinski definition) is 1. The van der Waals surface area contributed by atoms with E-state index in [2.05, 4.69) is 5.32 Å². The van der Waals surface area contributed by atoms with Gasteiger partial charge in [-0.15, -0.1) is 0 Å². The minimum atomic E-state index is -0.511. The second-order valence-electron chi connectivity index (χ2n) is 5.66. The smallest absolute Gasteiger partial charge is 0.325 e. The molecule has 25 heavy (non-hydrogen) atoms. The fourth-order valence-electron chi connectivity index (χ4n) is 2.01. The van der Waals surface area contributed by atoms with Crippen LogP contribution in [0.4, 0.5) is 0 Å². The van der Waals surface area contributed by atoms with Crippen molar-refractivity contribution < 1.29 is 19.1 Å². The second kappa shape index (κ2) is 9.08. The highest BCUT2D eigenvalue weighted by atomic mass is 35.5. The van der Waals surface area contributed by atoms with Crippen molar-refractivity contribution in [2.75, 3.05) is 6.54 Å². The Kier molecular flexibility index (Phi) is 6.83. The van der Waals surface area contributed by atoms with Gasteiger partial charge in [0.2, 0.25) is 0 Å². The van der Waals surface area contributed by atoms with Crippen LogP contribution in [0.2, 0.25) is 5.02 Å². The molecule has 0 radical (unpaired) electrons. The summed E-state index contributed by atoms with van der Waals surface area (Å²) in [5, 5.41) is 3.15. The molecular weight excluding hydrogens is 342 g/mol. The summed E-state index contributed by atoms with van der Waals surface area (Å²) in [6.45, 7) is 3.79. The van der Waals surface area contributed by atoms with Crippen molar-refractivity contribution >= 4 is 23.5 Å². The lowest BCUT2D eigenvalue weighted by Crippen LogP contribution is -2.30. The minimum Gasteiger partial charge on any atom is -0.491 e. The number of rotatable bonds is 7. The average Bonchev–Trinajstić information content (AvgIpc) is 2.59. The van der Waals surface area contributed by atoms with Gasteiger partial charge in [-0.1, -0.05) is 23.7 Å². The van der Waals surface area contributed by atoms with Crippen LogP contribution in [-0.2, 0) is 16.1 Å². The van der Waals surface area contributed by atoms with E-state index in [4.69, 9.17) is 21.1 Å². The van der Waals surface area contributed by atoms with E-state index >= 15 is 0 Å². The summed E-state index contributed by atoms with van der Waals surface area (Å²) < 4.78 is 10.6. The van der Waals surface area contributed by atoms with Crippen molar-refractivity contribution in [3.05, 3.63) is 64.7 Å². The molecule has 132 valence electrons. The molecule has 2 aromatic carbocycles. The number of hydrogen-bond acceptors (Lipinski definition) is 4. The molecule has 6 heteroatoms. The van der Waals surface area contributed by atoms with E-state index in [1.807, 2.05) is 13.8 Å². The Hall–Kier alpha value is -2.53. The first kappa shape index (κ1) is 18.8. The van der Waals surface area contributed by atoms with E-state index < -0.39 is 5.97 Å². The lowest BCUT2D eigenvalue weighted by molar-refractivity contribution is -0.143. The molecule has 0 aromatic heterocycles. The molecule has 0 bridgehead atoms. The standard InChI is InChI=1S/C19H20ClNO4/c1-13(2)25-17-9-5-15(6-10-17)19(23)21-11-18(22)24-12-14-3-7-16(20)8-4-14/h3-10,13H,11-12H2,1-2H3,(H,21,23). The number of carbonyl (C=O) groups excluding carboxylic acids is 2. The zero-order chi connectivity index (χ0) is 18.2. The Labute approximate surface area is 151 Å². The maximum Gasteiger partial charge on any atom is 0.325 e. The highest BCUT2D eigenvalue weighted by Crippen LogP contribution is 2.14. The van der Waals surface area contributed by atoms with Crippen LogP contribution in [0.15, 0.2) is 48.5 Å². The molecule has 0 heterocycles. The minimum absolute atomic E-state index is 0.0649. The molecule has 0 saturated carbocycles. The van der Waals surface area contributed by atoms with Gasteiger partial charge < -0.3 is 14.8 Å². The Morgan fingerprint density at radius 1 is 1.04 bits per heavy atom. The summed E-state index contributed by atoms with van der Waals surface area (Å²) in [6.07, 6.45) is 0.0649. The zero-order valence-electron chi connectivity index (χ0n) is 14.1. The molecule has 1 N–H and O–H groups in total. The molecule has 5 nitrogen and oxygen atoms in total. The fraction of sp³-hybridized carbons (Fsp3) is 0.263. The average molecular weight is 362 g/mol. The van der Waals surface area contributed by atoms with Crippen LogP contribution in [0, 0.1) is 0 Å². The van der Waals surface area contributed by atoms with Crippen molar-refractivity contribution in [3.8, 4) is 5.75 Å². The Bertz CT molecular complexity index is 711. The van der Waals surface area contributed by atoms with Gasteiger partial charge in [0.25, 0.3) is 5.91 Å². The summed E-state index contributed by atoms with van der Waals surface area (Å²) in [4.78, 5) is 23.7. The Morgan fingerprint density at radius 3 is 2.28 bits per heavy atom. The maximum atomic E-state index is 12.0. The quantitative estimate of drug-likeness (QED) is 0.765. The van der Waals surface area contributed by atoms with Crippen LogP contribution in [0.25, 0.3) is 0 Å². The highest BCUT2D eigenvalue weighted by Gasteiger charge is 2.09. The molecule has 2 aromatic rings. The molecule has 0 aliphatic rings. The van der Waals surface area contributed by atoms with Crippen molar-refractivity contribution in [1.82, 2.24) is 5.32 Å². The van der Waals surface area contributed by atoms with Crippen molar-refractivity contribution in [1.29, 1.82) is 0 Å². The van der Waals surface area contributed by atoms with Gasteiger partial charge >= 0.3 is 5.97 Å². The zero-order valence-corrected chi connectivity index (χ0v) is 14.9. The van der Waals surface area contributed by atoms with E-state index in [1.165, 1.54) is 0 Å². The summed E-state index contributed by atoms with van der Waals surface area (Å²) in [6, 6.07) is 13.7. The maximum absolute atomic E-state index is 12.0. The van der Waals surface area contributed by atoms with Gasteiger partial charge in [-0.05, 0) is 55.8 Å². The molecule has 1 amide bonds. The SMILES string of the molecule is CC(C)Oc1ccc(C(=O)NCC(=O)OCc2ccc(Cl)cc2)cc1. The monoisotopic (exact) mass is 361 g/mol. The number of amides is 1. The van der Waals surface area contributed by atoms with Gasteiger partial charge in [-0.25, -0.2) is 0 Å². The van der Waals surface area contributed by atoms with Crippen LogP contribution in [0.1, 0.15) is 29.8 Å². The van der Waals surface area contributed by atoms with Crippen LogP contribution in [0.3, 0.4) is 0 Å². The number of carbonyl (C=O) groups is 2. The van der Waals surface area contributed by atoms with E-state index in [-0.39, 0.29) is 25.2 Å². The predicted octanol–water partition coefficient (Wildman–Crippen LogP) is 3.60. The van der Waals surface area contributed by atoms with E-state index in [0.29, 0.717) is 16.3 Å². The number of halogens is 1. The van der Waals surface area contributed by atoms with Crippen LogP contribution < -0.4 is 10.1 Å². The van der Waals surface area contributed by atoms with E-state index in [9.17, 15) is 9.59 Å². The molecule has 0 fully saturated rings. The number of ether oxygens (including phenoxy) is 2. The topological polar surface area (TPSA) is 64.6 Å². The number of nitrogens with one attached hydrogen (secondary N) is 1. The highest BCUT2D eigenvalue weighted by molar-refractivity contribution is 6.30. The summed E-state index contributed by atoms with van der Waals surface area (Å²) >= 11 is 5.79. The molecule has 0 unspecified atom stereocenters. The van der Waals surface area contributed by atoms with E-state index in [0.717, 1.165) is 5.56 Å². The predicted molar refractivity (Wildman–Crippen MR) is 95.8 cm³/mol. The largest absolute Gasteiger partial charge is 0.491 e. The Morgan fingerprint density at radius 2 is 1.68 bits per heavy atom.